The normalized spacial score (nSPS) is 11.3. The fourth-order valence-electron chi connectivity index (χ4n) is 2.24. The molecule has 1 aromatic carbocycles. The predicted molar refractivity (Wildman–Crippen MR) is 95.0 cm³/mol. The minimum Gasteiger partial charge on any atom is -0.497 e. The smallest absolute Gasteiger partial charge is 0.315 e. The number of methoxy groups -OCH3 is 2. The van der Waals surface area contributed by atoms with E-state index in [9.17, 15) is 4.79 Å². The van der Waals surface area contributed by atoms with E-state index in [0.717, 1.165) is 5.56 Å². The molecule has 2 aromatic rings. The second-order valence-electron chi connectivity index (χ2n) is 5.23. The van der Waals surface area contributed by atoms with E-state index in [0.29, 0.717) is 30.5 Å². The van der Waals surface area contributed by atoms with Crippen molar-refractivity contribution in [3.8, 4) is 11.5 Å². The van der Waals surface area contributed by atoms with Crippen molar-refractivity contribution in [2.75, 3.05) is 32.6 Å². The van der Waals surface area contributed by atoms with Crippen molar-refractivity contribution in [1.29, 1.82) is 0 Å². The van der Waals surface area contributed by atoms with E-state index in [-0.39, 0.29) is 12.1 Å². The second kappa shape index (κ2) is 9.31. The first-order chi connectivity index (χ1) is 12.1. The molecule has 0 aliphatic carbocycles. The van der Waals surface area contributed by atoms with Crippen LogP contribution in [-0.2, 0) is 0 Å². The van der Waals surface area contributed by atoms with E-state index < -0.39 is 0 Å². The molecule has 0 saturated heterocycles. The van der Waals surface area contributed by atoms with Gasteiger partial charge in [0.25, 0.3) is 0 Å². The van der Waals surface area contributed by atoms with Gasteiger partial charge in [0.2, 0.25) is 5.95 Å². The summed E-state index contributed by atoms with van der Waals surface area (Å²) in [4.78, 5) is 20.1. The van der Waals surface area contributed by atoms with E-state index >= 15 is 0 Å². The molecule has 2 amide bonds. The largest absolute Gasteiger partial charge is 0.497 e. The van der Waals surface area contributed by atoms with Gasteiger partial charge < -0.3 is 25.4 Å². The average Bonchev–Trinajstić information content (AvgIpc) is 2.65. The number of carbonyl (C=O) groups is 1. The molecule has 3 N–H and O–H groups in total. The third kappa shape index (κ3) is 5.52. The fourth-order valence-corrected chi connectivity index (χ4v) is 2.24. The molecule has 0 fully saturated rings. The quantitative estimate of drug-likeness (QED) is 0.633. The van der Waals surface area contributed by atoms with E-state index in [1.165, 1.54) is 0 Å². The number of rotatable bonds is 8. The van der Waals surface area contributed by atoms with Gasteiger partial charge in [0.15, 0.2) is 0 Å². The molecule has 0 radical (unpaired) electrons. The lowest BCUT2D eigenvalue weighted by atomic mass is 10.1. The maximum absolute atomic E-state index is 12.0. The minimum atomic E-state index is -0.263. The van der Waals surface area contributed by atoms with Gasteiger partial charge >= 0.3 is 6.03 Å². The van der Waals surface area contributed by atoms with Crippen LogP contribution < -0.4 is 25.4 Å². The molecular formula is C17H23N5O3. The maximum atomic E-state index is 12.0. The summed E-state index contributed by atoms with van der Waals surface area (Å²) in [5, 5.41) is 8.67. The lowest BCUT2D eigenvalue weighted by Gasteiger charge is -2.18. The van der Waals surface area contributed by atoms with Crippen molar-refractivity contribution in [2.45, 2.75) is 13.0 Å². The monoisotopic (exact) mass is 345 g/mol. The molecule has 8 nitrogen and oxygen atoms in total. The topological polar surface area (TPSA) is 97.4 Å². The molecule has 1 atom stereocenters. The van der Waals surface area contributed by atoms with Crippen LogP contribution in [0.15, 0.2) is 36.7 Å². The Morgan fingerprint density at radius 1 is 1.16 bits per heavy atom. The first-order valence-electron chi connectivity index (χ1n) is 7.91. The van der Waals surface area contributed by atoms with Crippen molar-refractivity contribution in [3.63, 3.8) is 0 Å². The highest BCUT2D eigenvalue weighted by Crippen LogP contribution is 2.29. The number of benzene rings is 1. The zero-order valence-electron chi connectivity index (χ0n) is 14.6. The fraction of sp³-hybridized carbons (Fsp3) is 0.353. The summed E-state index contributed by atoms with van der Waals surface area (Å²) >= 11 is 0. The van der Waals surface area contributed by atoms with Gasteiger partial charge in [-0.1, -0.05) is 0 Å². The standard InChI is InChI=1S/C17H23N5O3/c1-12(14-6-5-13(24-2)11-15(14)25-3)22-17(23)21-10-9-20-16-18-7-4-8-19-16/h4-8,11-12H,9-10H2,1-3H3,(H,18,19,20)(H2,21,22,23)/t12-/m1/s1. The molecule has 0 saturated carbocycles. The zero-order valence-corrected chi connectivity index (χ0v) is 14.6. The third-order valence-electron chi connectivity index (χ3n) is 3.51. The number of hydrogen-bond acceptors (Lipinski definition) is 6. The SMILES string of the molecule is COc1ccc([C@@H](C)NC(=O)NCCNc2ncccn2)c(OC)c1. The van der Waals surface area contributed by atoms with E-state index in [2.05, 4.69) is 25.9 Å². The number of carbonyl (C=O) groups excluding carboxylic acids is 1. The summed E-state index contributed by atoms with van der Waals surface area (Å²) in [7, 11) is 3.18. The van der Waals surface area contributed by atoms with Crippen LogP contribution in [-0.4, -0.2) is 43.3 Å². The lowest BCUT2D eigenvalue weighted by Crippen LogP contribution is -2.39. The van der Waals surface area contributed by atoms with Crippen molar-refractivity contribution in [2.24, 2.45) is 0 Å². The van der Waals surface area contributed by atoms with Crippen molar-refractivity contribution in [3.05, 3.63) is 42.2 Å². The van der Waals surface area contributed by atoms with Gasteiger partial charge in [0, 0.05) is 37.1 Å². The number of nitrogens with zero attached hydrogens (tertiary/aromatic N) is 2. The Morgan fingerprint density at radius 3 is 2.60 bits per heavy atom. The third-order valence-corrected chi connectivity index (χ3v) is 3.51. The Kier molecular flexibility index (Phi) is 6.82. The maximum Gasteiger partial charge on any atom is 0.315 e. The summed E-state index contributed by atoms with van der Waals surface area (Å²) in [6.45, 7) is 2.86. The lowest BCUT2D eigenvalue weighted by molar-refractivity contribution is 0.238. The van der Waals surface area contributed by atoms with Crippen LogP contribution in [0.1, 0.15) is 18.5 Å². The second-order valence-corrected chi connectivity index (χ2v) is 5.23. The number of nitrogens with one attached hydrogen (secondary N) is 3. The minimum absolute atomic E-state index is 0.216. The number of hydrogen-bond donors (Lipinski definition) is 3. The molecule has 1 aromatic heterocycles. The van der Waals surface area contributed by atoms with Gasteiger partial charge in [-0.2, -0.15) is 0 Å². The molecule has 0 unspecified atom stereocenters. The Morgan fingerprint density at radius 2 is 1.92 bits per heavy atom. The summed E-state index contributed by atoms with van der Waals surface area (Å²) in [6.07, 6.45) is 3.30. The molecule has 25 heavy (non-hydrogen) atoms. The van der Waals surface area contributed by atoms with E-state index in [1.807, 2.05) is 19.1 Å². The van der Waals surface area contributed by atoms with Gasteiger partial charge in [-0.05, 0) is 25.1 Å². The molecule has 134 valence electrons. The Balaban J connectivity index is 1.79. The zero-order chi connectivity index (χ0) is 18.1. The molecular weight excluding hydrogens is 322 g/mol. The molecule has 8 heteroatoms. The van der Waals surface area contributed by atoms with E-state index in [4.69, 9.17) is 9.47 Å². The number of ether oxygens (including phenoxy) is 2. The summed E-state index contributed by atoms with van der Waals surface area (Å²) < 4.78 is 10.5. The Hall–Kier alpha value is -3.03. The summed E-state index contributed by atoms with van der Waals surface area (Å²) in [5.74, 6) is 1.89. The number of anilines is 1. The van der Waals surface area contributed by atoms with Gasteiger partial charge in [-0.3, -0.25) is 0 Å². The molecule has 0 aliphatic rings. The molecule has 0 spiro atoms. The summed E-state index contributed by atoms with van der Waals surface area (Å²) in [6, 6.07) is 6.75. The van der Waals surface area contributed by atoms with Gasteiger partial charge in [0.05, 0.1) is 20.3 Å². The highest BCUT2D eigenvalue weighted by molar-refractivity contribution is 5.74. The van der Waals surface area contributed by atoms with Crippen LogP contribution in [0.4, 0.5) is 10.7 Å². The van der Waals surface area contributed by atoms with Crippen LogP contribution in [0.5, 0.6) is 11.5 Å². The highest BCUT2D eigenvalue weighted by atomic mass is 16.5. The molecule has 2 rings (SSSR count). The summed E-state index contributed by atoms with van der Waals surface area (Å²) in [5.41, 5.74) is 0.870. The molecule has 1 heterocycles. The Labute approximate surface area is 147 Å². The first kappa shape index (κ1) is 18.3. The first-order valence-corrected chi connectivity index (χ1v) is 7.91. The van der Waals surface area contributed by atoms with Crippen molar-refractivity contribution >= 4 is 12.0 Å². The van der Waals surface area contributed by atoms with Gasteiger partial charge in [-0.15, -0.1) is 0 Å². The molecule has 0 bridgehead atoms. The van der Waals surface area contributed by atoms with Gasteiger partial charge in [-0.25, -0.2) is 14.8 Å². The van der Waals surface area contributed by atoms with Crippen LogP contribution >= 0.6 is 0 Å². The average molecular weight is 345 g/mol. The number of amides is 2. The van der Waals surface area contributed by atoms with E-state index in [1.54, 1.807) is 38.7 Å². The number of aromatic nitrogens is 2. The number of urea groups is 1. The van der Waals surface area contributed by atoms with Gasteiger partial charge in [0.1, 0.15) is 11.5 Å². The van der Waals surface area contributed by atoms with Crippen LogP contribution in [0.25, 0.3) is 0 Å². The van der Waals surface area contributed by atoms with Crippen LogP contribution in [0.2, 0.25) is 0 Å². The molecule has 0 aliphatic heterocycles. The van der Waals surface area contributed by atoms with Crippen molar-refractivity contribution < 1.29 is 14.3 Å². The predicted octanol–water partition coefficient (Wildman–Crippen LogP) is 1.97. The highest BCUT2D eigenvalue weighted by Gasteiger charge is 2.14. The Bertz CT molecular complexity index is 681. The van der Waals surface area contributed by atoms with Crippen molar-refractivity contribution in [1.82, 2.24) is 20.6 Å². The van der Waals surface area contributed by atoms with Crippen LogP contribution in [0.3, 0.4) is 0 Å². The van der Waals surface area contributed by atoms with Crippen LogP contribution in [0, 0.1) is 0 Å².